The molecule has 110 valence electrons. The molecule has 0 saturated heterocycles. The summed E-state index contributed by atoms with van der Waals surface area (Å²) in [5, 5.41) is 13.2. The van der Waals surface area contributed by atoms with Gasteiger partial charge in [0.15, 0.2) is 0 Å². The van der Waals surface area contributed by atoms with Crippen LogP contribution < -0.4 is 5.32 Å². The predicted octanol–water partition coefficient (Wildman–Crippen LogP) is 2.04. The van der Waals surface area contributed by atoms with E-state index in [0.717, 1.165) is 5.56 Å². The lowest BCUT2D eigenvalue weighted by atomic mass is 9.64. The first-order chi connectivity index (χ1) is 9.46. The van der Waals surface area contributed by atoms with Crippen LogP contribution in [0, 0.1) is 5.41 Å². The Labute approximate surface area is 120 Å². The number of aliphatic hydroxyl groups is 1. The molecule has 0 aliphatic heterocycles. The molecule has 1 saturated carbocycles. The Balaban J connectivity index is 2.14. The van der Waals surface area contributed by atoms with Crippen LogP contribution in [0.4, 0.5) is 0 Å². The van der Waals surface area contributed by atoms with Crippen molar-refractivity contribution in [1.82, 2.24) is 5.32 Å². The first-order valence-electron chi connectivity index (χ1n) is 7.12. The lowest BCUT2D eigenvalue weighted by molar-refractivity contribution is -0.148. The van der Waals surface area contributed by atoms with Crippen LogP contribution in [-0.4, -0.2) is 29.8 Å². The number of carbonyl (C=O) groups is 1. The Morgan fingerprint density at radius 1 is 1.45 bits per heavy atom. The maximum atomic E-state index is 12.2. The van der Waals surface area contributed by atoms with Gasteiger partial charge in [-0.15, -0.1) is 0 Å². The zero-order chi connectivity index (χ0) is 14.8. The fraction of sp³-hybridized carbons (Fsp3) is 0.562. The maximum absolute atomic E-state index is 12.2. The first-order valence-corrected chi connectivity index (χ1v) is 7.12. The number of hydrogen-bond donors (Lipinski definition) is 2. The summed E-state index contributed by atoms with van der Waals surface area (Å²) >= 11 is 0. The minimum absolute atomic E-state index is 0.104. The predicted molar refractivity (Wildman–Crippen MR) is 77.1 cm³/mol. The van der Waals surface area contributed by atoms with E-state index in [1.807, 2.05) is 44.2 Å². The van der Waals surface area contributed by atoms with E-state index in [-0.39, 0.29) is 23.5 Å². The van der Waals surface area contributed by atoms with Crippen molar-refractivity contribution in [2.24, 2.45) is 5.41 Å². The molecule has 3 atom stereocenters. The smallest absolute Gasteiger partial charge is 0.327 e. The molecule has 1 aromatic carbocycles. The van der Waals surface area contributed by atoms with Crippen molar-refractivity contribution in [2.45, 2.75) is 45.4 Å². The number of benzene rings is 1. The van der Waals surface area contributed by atoms with Crippen molar-refractivity contribution in [1.29, 1.82) is 0 Å². The molecular formula is C16H23NO3. The van der Waals surface area contributed by atoms with Gasteiger partial charge in [0.1, 0.15) is 6.04 Å². The summed E-state index contributed by atoms with van der Waals surface area (Å²) in [5.41, 5.74) is 0.669. The third-order valence-corrected chi connectivity index (χ3v) is 4.24. The van der Waals surface area contributed by atoms with E-state index in [9.17, 15) is 9.90 Å². The summed E-state index contributed by atoms with van der Waals surface area (Å²) in [7, 11) is 0. The molecule has 0 radical (unpaired) electrons. The van der Waals surface area contributed by atoms with E-state index >= 15 is 0 Å². The molecule has 1 fully saturated rings. The Morgan fingerprint density at radius 3 is 2.60 bits per heavy atom. The summed E-state index contributed by atoms with van der Waals surface area (Å²) in [5.74, 6) is -0.268. The Bertz CT molecular complexity index is 458. The summed E-state index contributed by atoms with van der Waals surface area (Å²) in [6.45, 7) is 6.18. The number of rotatable bonds is 5. The van der Waals surface area contributed by atoms with Gasteiger partial charge in [-0.3, -0.25) is 5.32 Å². The fourth-order valence-electron chi connectivity index (χ4n) is 2.56. The highest BCUT2D eigenvalue weighted by molar-refractivity contribution is 5.77. The van der Waals surface area contributed by atoms with Crippen molar-refractivity contribution in [2.75, 3.05) is 6.61 Å². The van der Waals surface area contributed by atoms with Gasteiger partial charge >= 0.3 is 5.97 Å². The molecule has 2 N–H and O–H groups in total. The Hall–Kier alpha value is -1.39. The molecule has 4 heteroatoms. The average Bonchev–Trinajstić information content (AvgIpc) is 2.44. The van der Waals surface area contributed by atoms with Crippen molar-refractivity contribution in [3.8, 4) is 0 Å². The standard InChI is InChI=1S/C16H23NO3/c1-4-20-15(19)14(11-8-6-5-7-9-11)17-12-10-13(18)16(12,2)3/h5-9,12-14,17-18H,4,10H2,1-3H3. The number of carbonyl (C=O) groups excluding carboxylic acids is 1. The third-order valence-electron chi connectivity index (χ3n) is 4.24. The molecule has 0 amide bonds. The minimum Gasteiger partial charge on any atom is -0.465 e. The van der Waals surface area contributed by atoms with E-state index in [1.165, 1.54) is 0 Å². The van der Waals surface area contributed by atoms with Gasteiger partial charge in [0.2, 0.25) is 0 Å². The fourth-order valence-corrected chi connectivity index (χ4v) is 2.56. The lowest BCUT2D eigenvalue weighted by Crippen LogP contribution is -2.61. The molecule has 0 heterocycles. The van der Waals surface area contributed by atoms with E-state index in [1.54, 1.807) is 6.92 Å². The van der Waals surface area contributed by atoms with Gasteiger partial charge in [-0.05, 0) is 18.9 Å². The summed E-state index contributed by atoms with van der Waals surface area (Å²) in [4.78, 5) is 12.2. The second-order valence-corrected chi connectivity index (χ2v) is 5.89. The quantitative estimate of drug-likeness (QED) is 0.809. The highest BCUT2D eigenvalue weighted by Crippen LogP contribution is 2.41. The van der Waals surface area contributed by atoms with Gasteiger partial charge in [0, 0.05) is 11.5 Å². The number of nitrogens with one attached hydrogen (secondary N) is 1. The maximum Gasteiger partial charge on any atom is 0.327 e. The van der Waals surface area contributed by atoms with Crippen LogP contribution >= 0.6 is 0 Å². The molecular weight excluding hydrogens is 254 g/mol. The van der Waals surface area contributed by atoms with Crippen LogP contribution in [0.15, 0.2) is 30.3 Å². The minimum atomic E-state index is -0.479. The number of aliphatic hydroxyl groups excluding tert-OH is 1. The van der Waals surface area contributed by atoms with Crippen LogP contribution in [0.1, 0.15) is 38.8 Å². The van der Waals surface area contributed by atoms with Crippen LogP contribution in [0.2, 0.25) is 0 Å². The Morgan fingerprint density at radius 2 is 2.10 bits per heavy atom. The summed E-state index contributed by atoms with van der Waals surface area (Å²) in [6, 6.07) is 9.18. The topological polar surface area (TPSA) is 58.6 Å². The van der Waals surface area contributed by atoms with E-state index in [2.05, 4.69) is 5.32 Å². The molecule has 3 unspecified atom stereocenters. The molecule has 0 spiro atoms. The second-order valence-electron chi connectivity index (χ2n) is 5.89. The zero-order valence-electron chi connectivity index (χ0n) is 12.3. The number of esters is 1. The van der Waals surface area contributed by atoms with Crippen LogP contribution in [-0.2, 0) is 9.53 Å². The average molecular weight is 277 g/mol. The summed E-state index contributed by atoms with van der Waals surface area (Å²) in [6.07, 6.45) is 0.342. The third kappa shape index (κ3) is 2.86. The highest BCUT2D eigenvalue weighted by atomic mass is 16.5. The van der Waals surface area contributed by atoms with Gasteiger partial charge in [-0.1, -0.05) is 44.2 Å². The highest BCUT2D eigenvalue weighted by Gasteiger charge is 2.48. The normalized spacial score (nSPS) is 25.6. The molecule has 1 aliphatic carbocycles. The number of ether oxygens (including phenoxy) is 1. The zero-order valence-corrected chi connectivity index (χ0v) is 12.3. The van der Waals surface area contributed by atoms with Gasteiger partial charge in [-0.2, -0.15) is 0 Å². The largest absolute Gasteiger partial charge is 0.465 e. The molecule has 4 nitrogen and oxygen atoms in total. The number of hydrogen-bond acceptors (Lipinski definition) is 4. The monoisotopic (exact) mass is 277 g/mol. The molecule has 20 heavy (non-hydrogen) atoms. The molecule has 1 aromatic rings. The SMILES string of the molecule is CCOC(=O)C(NC1CC(O)C1(C)C)c1ccccc1. The molecule has 1 aliphatic rings. The van der Waals surface area contributed by atoms with E-state index < -0.39 is 6.04 Å². The second kappa shape index (κ2) is 5.94. The molecule has 0 aromatic heterocycles. The molecule has 2 rings (SSSR count). The van der Waals surface area contributed by atoms with Crippen molar-refractivity contribution >= 4 is 5.97 Å². The van der Waals surface area contributed by atoms with Crippen molar-refractivity contribution < 1.29 is 14.6 Å². The van der Waals surface area contributed by atoms with Gasteiger partial charge in [0.25, 0.3) is 0 Å². The molecule has 0 bridgehead atoms. The van der Waals surface area contributed by atoms with Crippen molar-refractivity contribution in [3.63, 3.8) is 0 Å². The van der Waals surface area contributed by atoms with E-state index in [0.29, 0.717) is 13.0 Å². The van der Waals surface area contributed by atoms with Crippen LogP contribution in [0.25, 0.3) is 0 Å². The van der Waals surface area contributed by atoms with Crippen LogP contribution in [0.5, 0.6) is 0 Å². The van der Waals surface area contributed by atoms with Crippen LogP contribution in [0.3, 0.4) is 0 Å². The lowest BCUT2D eigenvalue weighted by Gasteiger charge is -2.50. The summed E-state index contributed by atoms with van der Waals surface area (Å²) < 4.78 is 5.16. The van der Waals surface area contributed by atoms with Gasteiger partial charge in [0.05, 0.1) is 12.7 Å². The van der Waals surface area contributed by atoms with Gasteiger partial charge in [-0.25, -0.2) is 4.79 Å². The van der Waals surface area contributed by atoms with Gasteiger partial charge < -0.3 is 9.84 Å². The Kier molecular flexibility index (Phi) is 4.45. The van der Waals surface area contributed by atoms with E-state index in [4.69, 9.17) is 4.74 Å². The van der Waals surface area contributed by atoms with Crippen molar-refractivity contribution in [3.05, 3.63) is 35.9 Å². The first kappa shape index (κ1) is 15.0.